The second-order valence-corrected chi connectivity index (χ2v) is 5.89. The van der Waals surface area contributed by atoms with E-state index < -0.39 is 0 Å². The van der Waals surface area contributed by atoms with E-state index in [1.807, 2.05) is 0 Å². The molecule has 0 atom stereocenters. The van der Waals surface area contributed by atoms with Gasteiger partial charge in [0.1, 0.15) is 0 Å². The van der Waals surface area contributed by atoms with E-state index in [-0.39, 0.29) is 49.7 Å². The van der Waals surface area contributed by atoms with Crippen molar-refractivity contribution in [2.75, 3.05) is 45.8 Å². The standard InChI is InChI=1S/C20H30N4O4/c1-6-18(26)22-10-12-24(20(28)8-3)14-13-23(19(27)7-2)11-9-21-15-16(4)17(5)25/h6-8,21H,1-4,9-15H2,5H3,(H,22,26). The topological polar surface area (TPSA) is 98.8 Å². The van der Waals surface area contributed by atoms with Crippen molar-refractivity contribution in [3.05, 3.63) is 50.1 Å². The van der Waals surface area contributed by atoms with Gasteiger partial charge >= 0.3 is 0 Å². The lowest BCUT2D eigenvalue weighted by Crippen LogP contribution is -2.44. The van der Waals surface area contributed by atoms with Gasteiger partial charge in [0.2, 0.25) is 17.7 Å². The van der Waals surface area contributed by atoms with Crippen LogP contribution in [0.1, 0.15) is 6.92 Å². The van der Waals surface area contributed by atoms with Gasteiger partial charge in [-0.1, -0.05) is 26.3 Å². The molecule has 28 heavy (non-hydrogen) atoms. The van der Waals surface area contributed by atoms with Gasteiger partial charge in [-0.3, -0.25) is 19.2 Å². The van der Waals surface area contributed by atoms with E-state index in [4.69, 9.17) is 0 Å². The van der Waals surface area contributed by atoms with Crippen molar-refractivity contribution in [3.63, 3.8) is 0 Å². The third-order valence-electron chi connectivity index (χ3n) is 3.87. The van der Waals surface area contributed by atoms with Gasteiger partial charge in [-0.05, 0) is 25.2 Å². The summed E-state index contributed by atoms with van der Waals surface area (Å²) in [6.45, 7) is 17.7. The number of carbonyl (C=O) groups excluding carboxylic acids is 4. The van der Waals surface area contributed by atoms with Crippen molar-refractivity contribution in [1.82, 2.24) is 20.4 Å². The molecule has 0 aliphatic carbocycles. The molecule has 0 radical (unpaired) electrons. The molecule has 0 unspecified atom stereocenters. The minimum absolute atomic E-state index is 0.0892. The molecule has 8 heteroatoms. The van der Waals surface area contributed by atoms with Crippen LogP contribution in [0.5, 0.6) is 0 Å². The lowest BCUT2D eigenvalue weighted by atomic mass is 10.2. The summed E-state index contributed by atoms with van der Waals surface area (Å²) in [6.07, 6.45) is 3.54. The molecule has 3 amide bonds. The highest BCUT2D eigenvalue weighted by atomic mass is 16.2. The lowest BCUT2D eigenvalue weighted by molar-refractivity contribution is -0.130. The van der Waals surface area contributed by atoms with E-state index in [1.165, 1.54) is 24.0 Å². The number of hydrogen-bond donors (Lipinski definition) is 2. The van der Waals surface area contributed by atoms with Crippen LogP contribution in [-0.4, -0.2) is 79.1 Å². The fourth-order valence-corrected chi connectivity index (χ4v) is 2.13. The monoisotopic (exact) mass is 390 g/mol. The Bertz CT molecular complexity index is 628. The van der Waals surface area contributed by atoms with Crippen molar-refractivity contribution >= 4 is 23.5 Å². The molecule has 2 N–H and O–H groups in total. The molecule has 154 valence electrons. The maximum atomic E-state index is 12.1. The Morgan fingerprint density at radius 3 is 1.75 bits per heavy atom. The number of rotatable bonds is 15. The molecule has 0 aliphatic rings. The molecule has 0 heterocycles. The van der Waals surface area contributed by atoms with Gasteiger partial charge in [0, 0.05) is 51.4 Å². The maximum Gasteiger partial charge on any atom is 0.246 e. The van der Waals surface area contributed by atoms with Crippen LogP contribution in [0.2, 0.25) is 0 Å². The van der Waals surface area contributed by atoms with E-state index in [2.05, 4.69) is 36.9 Å². The highest BCUT2D eigenvalue weighted by Gasteiger charge is 2.15. The first-order valence-electron chi connectivity index (χ1n) is 8.89. The molecule has 0 bridgehead atoms. The third-order valence-corrected chi connectivity index (χ3v) is 3.87. The quantitative estimate of drug-likeness (QED) is 0.304. The largest absolute Gasteiger partial charge is 0.351 e. The van der Waals surface area contributed by atoms with Crippen molar-refractivity contribution < 1.29 is 19.2 Å². The Hall–Kier alpha value is -3.00. The Labute approximate surface area is 166 Å². The van der Waals surface area contributed by atoms with E-state index in [0.29, 0.717) is 25.2 Å². The molecular formula is C20H30N4O4. The molecule has 0 spiro atoms. The Morgan fingerprint density at radius 2 is 1.32 bits per heavy atom. The Morgan fingerprint density at radius 1 is 0.821 bits per heavy atom. The number of amides is 3. The summed E-state index contributed by atoms with van der Waals surface area (Å²) >= 11 is 0. The van der Waals surface area contributed by atoms with E-state index in [9.17, 15) is 19.2 Å². The van der Waals surface area contributed by atoms with Crippen molar-refractivity contribution in [1.29, 1.82) is 0 Å². The molecular weight excluding hydrogens is 360 g/mol. The minimum atomic E-state index is -0.326. The minimum Gasteiger partial charge on any atom is -0.351 e. The average Bonchev–Trinajstić information content (AvgIpc) is 2.69. The van der Waals surface area contributed by atoms with Gasteiger partial charge < -0.3 is 20.4 Å². The summed E-state index contributed by atoms with van der Waals surface area (Å²) in [5, 5.41) is 5.65. The maximum absolute atomic E-state index is 12.1. The smallest absolute Gasteiger partial charge is 0.246 e. The zero-order valence-corrected chi connectivity index (χ0v) is 16.5. The van der Waals surface area contributed by atoms with Gasteiger partial charge in [-0.15, -0.1) is 0 Å². The van der Waals surface area contributed by atoms with Gasteiger partial charge in [0.05, 0.1) is 0 Å². The highest BCUT2D eigenvalue weighted by molar-refractivity contribution is 5.93. The number of nitrogens with one attached hydrogen (secondary N) is 2. The van der Waals surface area contributed by atoms with Gasteiger partial charge in [0.25, 0.3) is 0 Å². The Kier molecular flexibility index (Phi) is 12.6. The SMILES string of the molecule is C=CC(=O)NCCN(CCN(CCNCC(=C)C(C)=O)C(=O)C=C)C(=O)C=C. The molecule has 0 saturated carbocycles. The van der Waals surface area contributed by atoms with Crippen LogP contribution in [0, 0.1) is 0 Å². The number of Topliss-reactive ketones (excluding diaryl/α,β-unsaturated/α-hetero) is 1. The first-order valence-corrected chi connectivity index (χ1v) is 8.89. The second-order valence-electron chi connectivity index (χ2n) is 5.89. The number of ketones is 1. The predicted octanol–water partition coefficient (Wildman–Crippen LogP) is 0.0526. The van der Waals surface area contributed by atoms with Crippen molar-refractivity contribution in [2.45, 2.75) is 6.92 Å². The summed E-state index contributed by atoms with van der Waals surface area (Å²) in [5.74, 6) is -0.978. The zero-order valence-electron chi connectivity index (χ0n) is 16.5. The molecule has 0 saturated heterocycles. The highest BCUT2D eigenvalue weighted by Crippen LogP contribution is 1.97. The summed E-state index contributed by atoms with van der Waals surface area (Å²) < 4.78 is 0. The molecule has 0 fully saturated rings. The van der Waals surface area contributed by atoms with Crippen LogP contribution in [-0.2, 0) is 19.2 Å². The van der Waals surface area contributed by atoms with E-state index >= 15 is 0 Å². The third kappa shape index (κ3) is 10.2. The first kappa shape index (κ1) is 25.0. The van der Waals surface area contributed by atoms with Gasteiger partial charge in [-0.25, -0.2) is 0 Å². The summed E-state index contributed by atoms with van der Waals surface area (Å²) in [4.78, 5) is 49.5. The van der Waals surface area contributed by atoms with E-state index in [0.717, 1.165) is 6.08 Å². The number of nitrogens with zero attached hydrogens (tertiary/aromatic N) is 2. The van der Waals surface area contributed by atoms with Crippen molar-refractivity contribution in [3.8, 4) is 0 Å². The summed E-state index contributed by atoms with van der Waals surface area (Å²) in [7, 11) is 0. The van der Waals surface area contributed by atoms with Crippen LogP contribution in [0.25, 0.3) is 0 Å². The van der Waals surface area contributed by atoms with E-state index in [1.54, 1.807) is 4.90 Å². The van der Waals surface area contributed by atoms with Crippen LogP contribution in [0.3, 0.4) is 0 Å². The lowest BCUT2D eigenvalue weighted by Gasteiger charge is -2.27. The predicted molar refractivity (Wildman–Crippen MR) is 109 cm³/mol. The zero-order chi connectivity index (χ0) is 21.5. The molecule has 8 nitrogen and oxygen atoms in total. The van der Waals surface area contributed by atoms with Crippen LogP contribution in [0.4, 0.5) is 0 Å². The Balaban J connectivity index is 4.67. The molecule has 0 aromatic heterocycles. The molecule has 0 aliphatic heterocycles. The molecule has 0 rings (SSSR count). The fourth-order valence-electron chi connectivity index (χ4n) is 2.13. The summed E-state index contributed by atoms with van der Waals surface area (Å²) in [5.41, 5.74) is 0.464. The first-order chi connectivity index (χ1) is 13.3. The number of hydrogen-bond acceptors (Lipinski definition) is 5. The molecule has 0 aromatic carbocycles. The van der Waals surface area contributed by atoms with Crippen LogP contribution in [0.15, 0.2) is 50.1 Å². The van der Waals surface area contributed by atoms with Gasteiger partial charge in [-0.2, -0.15) is 0 Å². The molecule has 0 aromatic rings. The van der Waals surface area contributed by atoms with Crippen LogP contribution < -0.4 is 10.6 Å². The fraction of sp³-hybridized carbons (Fsp3) is 0.400. The van der Waals surface area contributed by atoms with Crippen molar-refractivity contribution in [2.24, 2.45) is 0 Å². The van der Waals surface area contributed by atoms with Gasteiger partial charge in [0.15, 0.2) is 5.78 Å². The second kappa shape index (κ2) is 14.1. The number of carbonyl (C=O) groups is 4. The average molecular weight is 390 g/mol. The van der Waals surface area contributed by atoms with Crippen LogP contribution >= 0.6 is 0 Å². The normalized spacial score (nSPS) is 9.75. The summed E-state index contributed by atoms with van der Waals surface area (Å²) in [6, 6.07) is 0.